The molecule has 3 N–H and O–H groups in total. The van der Waals surface area contributed by atoms with Gasteiger partial charge in [-0.15, -0.1) is 0 Å². The lowest BCUT2D eigenvalue weighted by atomic mass is 10.1. The smallest absolute Gasteiger partial charge is 0.289 e. The number of rotatable bonds is 4. The average Bonchev–Trinajstić information content (AvgIpc) is 3.41. The summed E-state index contributed by atoms with van der Waals surface area (Å²) in [6, 6.07) is 18.3. The molecule has 0 saturated heterocycles. The van der Waals surface area contributed by atoms with Crippen molar-refractivity contribution in [1.29, 1.82) is 0 Å². The van der Waals surface area contributed by atoms with Gasteiger partial charge in [0.1, 0.15) is 5.69 Å². The Bertz CT molecular complexity index is 1510. The van der Waals surface area contributed by atoms with Gasteiger partial charge in [-0.1, -0.05) is 42.5 Å². The Morgan fingerprint density at radius 2 is 1.90 bits per heavy atom. The summed E-state index contributed by atoms with van der Waals surface area (Å²) < 4.78 is 1.38. The molecule has 0 spiro atoms. The summed E-state index contributed by atoms with van der Waals surface area (Å²) in [7, 11) is 0. The fraction of sp³-hybridized carbons (Fsp3) is 0.0455. The van der Waals surface area contributed by atoms with Gasteiger partial charge in [0.05, 0.1) is 28.4 Å². The highest BCUT2D eigenvalue weighted by atomic mass is 16.2. The second-order valence-corrected chi connectivity index (χ2v) is 6.98. The molecule has 0 saturated carbocycles. The average molecular weight is 411 g/mol. The summed E-state index contributed by atoms with van der Waals surface area (Å²) in [5.41, 5.74) is 6.47. The van der Waals surface area contributed by atoms with Crippen molar-refractivity contribution in [2.75, 3.05) is 0 Å². The van der Waals surface area contributed by atoms with Crippen LogP contribution < -0.4 is 11.0 Å². The highest BCUT2D eigenvalue weighted by Gasteiger charge is 2.13. The number of benzene rings is 2. The zero-order valence-corrected chi connectivity index (χ0v) is 16.5. The van der Waals surface area contributed by atoms with Gasteiger partial charge in [0.2, 0.25) is 0 Å². The number of fused-ring (bicyclic) bond motifs is 2. The first-order chi connectivity index (χ1) is 15.1. The molecule has 0 radical (unpaired) electrons. The van der Waals surface area contributed by atoms with Crippen LogP contribution in [0.3, 0.4) is 0 Å². The van der Waals surface area contributed by atoms with Gasteiger partial charge >= 0.3 is 0 Å². The van der Waals surface area contributed by atoms with Crippen molar-refractivity contribution in [3.63, 3.8) is 0 Å². The second kappa shape index (κ2) is 7.38. The summed E-state index contributed by atoms with van der Waals surface area (Å²) in [6.07, 6.45) is 1.47. The molecular formula is C22H17N7O2. The van der Waals surface area contributed by atoms with Crippen molar-refractivity contribution in [2.24, 2.45) is 5.10 Å². The Hall–Kier alpha value is -4.53. The number of carbonyl (C=O) groups is 1. The van der Waals surface area contributed by atoms with Crippen LogP contribution >= 0.6 is 0 Å². The topological polar surface area (TPSA) is 120 Å². The van der Waals surface area contributed by atoms with Crippen LogP contribution in [0.4, 0.5) is 0 Å². The zero-order chi connectivity index (χ0) is 21.4. The van der Waals surface area contributed by atoms with Crippen molar-refractivity contribution < 1.29 is 4.79 Å². The van der Waals surface area contributed by atoms with Crippen molar-refractivity contribution in [3.05, 3.63) is 88.0 Å². The van der Waals surface area contributed by atoms with E-state index in [2.05, 4.69) is 30.8 Å². The standard InChI is InChI=1S/C22H17N7O2/c1-13-16(20-24-17-10-6-5-9-15(17)22(31)29(20)28-13)12-23-27-21(30)19-11-18(25-26-19)14-7-3-2-4-8-14/h2-12,28H,1H3,(H,25,26)(H,27,30)/b23-12+. The molecule has 3 aromatic heterocycles. The van der Waals surface area contributed by atoms with Gasteiger partial charge in [-0.05, 0) is 25.1 Å². The van der Waals surface area contributed by atoms with E-state index in [0.29, 0.717) is 33.5 Å². The number of aromatic nitrogens is 5. The van der Waals surface area contributed by atoms with Gasteiger partial charge in [-0.3, -0.25) is 19.8 Å². The quantitative estimate of drug-likeness (QED) is 0.311. The molecule has 0 aliphatic rings. The monoisotopic (exact) mass is 411 g/mol. The number of hydrazone groups is 1. The van der Waals surface area contributed by atoms with Crippen molar-refractivity contribution in [2.45, 2.75) is 6.92 Å². The molecule has 31 heavy (non-hydrogen) atoms. The highest BCUT2D eigenvalue weighted by molar-refractivity contribution is 5.95. The van der Waals surface area contributed by atoms with Crippen LogP contribution in [0.15, 0.2) is 70.6 Å². The fourth-order valence-corrected chi connectivity index (χ4v) is 3.38. The lowest BCUT2D eigenvalue weighted by Gasteiger charge is -1.99. The number of para-hydroxylation sites is 1. The van der Waals surface area contributed by atoms with E-state index in [-0.39, 0.29) is 11.3 Å². The van der Waals surface area contributed by atoms with Gasteiger partial charge in [-0.25, -0.2) is 14.9 Å². The van der Waals surface area contributed by atoms with E-state index >= 15 is 0 Å². The van der Waals surface area contributed by atoms with Gasteiger partial charge in [0.15, 0.2) is 5.65 Å². The van der Waals surface area contributed by atoms with Crippen LogP contribution in [0.5, 0.6) is 0 Å². The maximum Gasteiger partial charge on any atom is 0.289 e. The van der Waals surface area contributed by atoms with Crippen molar-refractivity contribution in [3.8, 4) is 11.3 Å². The minimum Gasteiger partial charge on any atom is -0.293 e. The number of aromatic amines is 2. The molecule has 0 aliphatic carbocycles. The number of aryl methyl sites for hydroxylation is 1. The van der Waals surface area contributed by atoms with E-state index in [1.807, 2.05) is 43.3 Å². The van der Waals surface area contributed by atoms with Crippen LogP contribution in [-0.4, -0.2) is 36.9 Å². The molecule has 0 atom stereocenters. The minimum absolute atomic E-state index is 0.196. The maximum absolute atomic E-state index is 12.7. The van der Waals surface area contributed by atoms with E-state index in [9.17, 15) is 9.59 Å². The number of hydrogen-bond donors (Lipinski definition) is 3. The van der Waals surface area contributed by atoms with E-state index in [1.54, 1.807) is 24.3 Å². The lowest BCUT2D eigenvalue weighted by molar-refractivity contribution is 0.0950. The summed E-state index contributed by atoms with van der Waals surface area (Å²) in [4.78, 5) is 29.7. The largest absolute Gasteiger partial charge is 0.293 e. The molecule has 1 amide bonds. The SMILES string of the molecule is Cc1[nH]n2c(=O)c3ccccc3nc2c1/C=N/NC(=O)c1cc(-c2ccccc2)n[nH]1. The second-order valence-electron chi connectivity index (χ2n) is 6.98. The Morgan fingerprint density at radius 1 is 1.13 bits per heavy atom. The summed E-state index contributed by atoms with van der Waals surface area (Å²) in [6.45, 7) is 1.81. The Kier molecular flexibility index (Phi) is 4.40. The molecule has 0 fully saturated rings. The van der Waals surface area contributed by atoms with Crippen LogP contribution in [0.25, 0.3) is 27.8 Å². The lowest BCUT2D eigenvalue weighted by Crippen LogP contribution is -2.18. The number of H-pyrrole nitrogens is 2. The third-order valence-corrected chi connectivity index (χ3v) is 4.95. The van der Waals surface area contributed by atoms with Gasteiger partial charge < -0.3 is 0 Å². The Balaban J connectivity index is 1.41. The summed E-state index contributed by atoms with van der Waals surface area (Å²) in [5, 5.41) is 14.5. The molecular weight excluding hydrogens is 394 g/mol. The number of carbonyl (C=O) groups excluding carboxylic acids is 1. The van der Waals surface area contributed by atoms with Crippen LogP contribution in [0.2, 0.25) is 0 Å². The van der Waals surface area contributed by atoms with Crippen molar-refractivity contribution >= 4 is 28.7 Å². The van der Waals surface area contributed by atoms with Crippen molar-refractivity contribution in [1.82, 2.24) is 30.2 Å². The number of amides is 1. The van der Waals surface area contributed by atoms with E-state index < -0.39 is 5.91 Å². The van der Waals surface area contributed by atoms with Gasteiger partial charge in [0.25, 0.3) is 11.5 Å². The first kappa shape index (κ1) is 18.5. The first-order valence-electron chi connectivity index (χ1n) is 9.56. The Labute approximate surface area is 175 Å². The molecule has 0 aliphatic heterocycles. The molecule has 2 aromatic carbocycles. The fourth-order valence-electron chi connectivity index (χ4n) is 3.38. The Morgan fingerprint density at radius 3 is 2.74 bits per heavy atom. The summed E-state index contributed by atoms with van der Waals surface area (Å²) >= 11 is 0. The molecule has 5 aromatic rings. The molecule has 152 valence electrons. The molecule has 0 bridgehead atoms. The number of hydrogen-bond acceptors (Lipinski definition) is 5. The van der Waals surface area contributed by atoms with Crippen LogP contribution in [-0.2, 0) is 0 Å². The third-order valence-electron chi connectivity index (χ3n) is 4.95. The van der Waals surface area contributed by atoms with Crippen LogP contribution in [0.1, 0.15) is 21.7 Å². The van der Waals surface area contributed by atoms with E-state index in [4.69, 9.17) is 0 Å². The number of nitrogens with zero attached hydrogens (tertiary/aromatic N) is 4. The predicted molar refractivity (Wildman–Crippen MR) is 117 cm³/mol. The van der Waals surface area contributed by atoms with E-state index in [1.165, 1.54) is 10.7 Å². The zero-order valence-electron chi connectivity index (χ0n) is 16.5. The molecule has 3 heterocycles. The normalized spacial score (nSPS) is 11.5. The first-order valence-corrected chi connectivity index (χ1v) is 9.56. The van der Waals surface area contributed by atoms with Gasteiger partial charge in [-0.2, -0.15) is 10.2 Å². The highest BCUT2D eigenvalue weighted by Crippen LogP contribution is 2.17. The van der Waals surface area contributed by atoms with Gasteiger partial charge in [0, 0.05) is 11.3 Å². The maximum atomic E-state index is 12.7. The summed E-state index contributed by atoms with van der Waals surface area (Å²) in [5.74, 6) is -0.431. The molecule has 9 nitrogen and oxygen atoms in total. The molecule has 9 heteroatoms. The third kappa shape index (κ3) is 3.27. The minimum atomic E-state index is -0.431. The molecule has 0 unspecified atom stereocenters. The molecule has 5 rings (SSSR count). The van der Waals surface area contributed by atoms with E-state index in [0.717, 1.165) is 5.56 Å². The van der Waals surface area contributed by atoms with Crippen LogP contribution in [0, 0.1) is 6.92 Å². The number of nitrogens with one attached hydrogen (secondary N) is 3. The predicted octanol–water partition coefficient (Wildman–Crippen LogP) is 2.64.